The van der Waals surface area contributed by atoms with Crippen molar-refractivity contribution in [2.75, 3.05) is 18.5 Å². The summed E-state index contributed by atoms with van der Waals surface area (Å²) in [6.07, 6.45) is 0. The lowest BCUT2D eigenvalue weighted by Gasteiger charge is -2.20. The number of hydrogen-bond acceptors (Lipinski definition) is 7. The Kier molecular flexibility index (Phi) is 6.57. The van der Waals surface area contributed by atoms with Crippen LogP contribution in [-0.2, 0) is 10.0 Å². The summed E-state index contributed by atoms with van der Waals surface area (Å²) in [6.45, 7) is 9.29. The molecule has 152 valence electrons. The molecule has 28 heavy (non-hydrogen) atoms. The summed E-state index contributed by atoms with van der Waals surface area (Å²) < 4.78 is 32.6. The predicted octanol–water partition coefficient (Wildman–Crippen LogP) is 3.67. The fraction of sp³-hybridized carbons (Fsp3) is 0.389. The largest absolute Gasteiger partial charge is 0.466 e. The summed E-state index contributed by atoms with van der Waals surface area (Å²) in [5.41, 5.74) is 3.98. The molecule has 0 spiro atoms. The van der Waals surface area contributed by atoms with E-state index in [1.807, 2.05) is 19.9 Å². The molecular weight excluding hydrogens is 384 g/mol. The maximum atomic E-state index is 13.0. The Balaban J connectivity index is 2.51. The maximum Gasteiger partial charge on any atom is 0.270 e. The SMILES string of the molecule is CCN(CC)S(=O)(=O)c1cc([N+](=O)[O-])ccc1N/N=C(/C)c1cc(C)oc1C. The Morgan fingerprint density at radius 2 is 1.89 bits per heavy atom. The lowest BCUT2D eigenvalue weighted by atomic mass is 10.2. The normalized spacial score (nSPS) is 12.4. The van der Waals surface area contributed by atoms with E-state index in [0.29, 0.717) is 11.5 Å². The third-order valence-electron chi connectivity index (χ3n) is 4.27. The van der Waals surface area contributed by atoms with Crippen LogP contribution in [-0.4, -0.2) is 36.4 Å². The zero-order valence-electron chi connectivity index (χ0n) is 16.5. The highest BCUT2D eigenvalue weighted by molar-refractivity contribution is 7.89. The van der Waals surface area contributed by atoms with Crippen molar-refractivity contribution in [2.45, 2.75) is 39.5 Å². The van der Waals surface area contributed by atoms with Gasteiger partial charge in [-0.25, -0.2) is 8.42 Å². The summed E-state index contributed by atoms with van der Waals surface area (Å²) in [5, 5.41) is 15.4. The van der Waals surface area contributed by atoms with Crippen LogP contribution in [0.1, 0.15) is 37.9 Å². The molecule has 1 N–H and O–H groups in total. The highest BCUT2D eigenvalue weighted by atomic mass is 32.2. The second-order valence-electron chi connectivity index (χ2n) is 6.16. The number of anilines is 1. The number of nitrogens with one attached hydrogen (secondary N) is 1. The molecule has 0 aliphatic carbocycles. The van der Waals surface area contributed by atoms with Gasteiger partial charge in [0.25, 0.3) is 5.69 Å². The Hall–Kier alpha value is -2.72. The number of sulfonamides is 1. The van der Waals surface area contributed by atoms with Gasteiger partial charge in [0.05, 0.1) is 16.3 Å². The van der Waals surface area contributed by atoms with Crippen molar-refractivity contribution in [2.24, 2.45) is 5.10 Å². The Morgan fingerprint density at radius 1 is 1.25 bits per heavy atom. The van der Waals surface area contributed by atoms with E-state index < -0.39 is 14.9 Å². The molecule has 0 radical (unpaired) electrons. The molecule has 1 aromatic carbocycles. The van der Waals surface area contributed by atoms with Gasteiger partial charge in [-0.2, -0.15) is 9.41 Å². The Morgan fingerprint density at radius 3 is 2.39 bits per heavy atom. The summed E-state index contributed by atoms with van der Waals surface area (Å²) in [4.78, 5) is 10.3. The molecule has 0 bridgehead atoms. The average molecular weight is 408 g/mol. The molecule has 1 aromatic heterocycles. The number of nitrogens with zero attached hydrogens (tertiary/aromatic N) is 3. The van der Waals surface area contributed by atoms with Crippen LogP contribution in [0.25, 0.3) is 0 Å². The zero-order valence-corrected chi connectivity index (χ0v) is 17.3. The molecule has 0 saturated heterocycles. The number of hydrogen-bond donors (Lipinski definition) is 1. The summed E-state index contributed by atoms with van der Waals surface area (Å²) in [7, 11) is -3.93. The summed E-state index contributed by atoms with van der Waals surface area (Å²) in [6, 6.07) is 5.47. The molecule has 0 aliphatic heterocycles. The van der Waals surface area contributed by atoms with Gasteiger partial charge >= 0.3 is 0 Å². The highest BCUT2D eigenvalue weighted by Gasteiger charge is 2.27. The van der Waals surface area contributed by atoms with E-state index >= 15 is 0 Å². The monoisotopic (exact) mass is 408 g/mol. The molecule has 1 heterocycles. The van der Waals surface area contributed by atoms with Crippen molar-refractivity contribution < 1.29 is 17.8 Å². The van der Waals surface area contributed by atoms with Crippen molar-refractivity contribution in [1.29, 1.82) is 0 Å². The number of rotatable bonds is 8. The first kappa shape index (κ1) is 21.6. The van der Waals surface area contributed by atoms with Gasteiger partial charge in [0.1, 0.15) is 16.4 Å². The topological polar surface area (TPSA) is 118 Å². The molecule has 0 fully saturated rings. The van der Waals surface area contributed by atoms with Crippen LogP contribution in [0.4, 0.5) is 11.4 Å². The number of hydrazone groups is 1. The summed E-state index contributed by atoms with van der Waals surface area (Å²) in [5.74, 6) is 1.43. The molecule has 2 rings (SSSR count). The number of furan rings is 1. The number of nitro benzene ring substituents is 1. The molecule has 0 amide bonds. The third kappa shape index (κ3) is 4.39. The van der Waals surface area contributed by atoms with Crippen LogP contribution in [0, 0.1) is 24.0 Å². The number of aryl methyl sites for hydroxylation is 2. The molecule has 0 saturated carbocycles. The first-order chi connectivity index (χ1) is 13.1. The van der Waals surface area contributed by atoms with Gasteiger partial charge in [-0.3, -0.25) is 15.5 Å². The Bertz CT molecular complexity index is 1010. The van der Waals surface area contributed by atoms with E-state index in [9.17, 15) is 18.5 Å². The van der Waals surface area contributed by atoms with Crippen molar-refractivity contribution in [3.05, 3.63) is 51.5 Å². The van der Waals surface area contributed by atoms with Gasteiger partial charge in [0, 0.05) is 30.8 Å². The first-order valence-corrected chi connectivity index (χ1v) is 10.2. The van der Waals surface area contributed by atoms with Gasteiger partial charge < -0.3 is 4.42 Å². The minimum Gasteiger partial charge on any atom is -0.466 e. The van der Waals surface area contributed by atoms with Gasteiger partial charge in [-0.15, -0.1) is 0 Å². The third-order valence-corrected chi connectivity index (χ3v) is 6.36. The van der Waals surface area contributed by atoms with Crippen LogP contribution in [0.3, 0.4) is 0 Å². The van der Waals surface area contributed by atoms with Crippen LogP contribution < -0.4 is 5.43 Å². The summed E-state index contributed by atoms with van der Waals surface area (Å²) >= 11 is 0. The van der Waals surface area contributed by atoms with Gasteiger partial charge in [-0.05, 0) is 32.9 Å². The van der Waals surface area contributed by atoms with E-state index in [-0.39, 0.29) is 29.4 Å². The fourth-order valence-electron chi connectivity index (χ4n) is 2.83. The lowest BCUT2D eigenvalue weighted by Crippen LogP contribution is -2.31. The van der Waals surface area contributed by atoms with E-state index in [1.54, 1.807) is 20.8 Å². The highest BCUT2D eigenvalue weighted by Crippen LogP contribution is 2.29. The number of benzene rings is 1. The van der Waals surface area contributed by atoms with Gasteiger partial charge in [0.2, 0.25) is 10.0 Å². The quantitative estimate of drug-likeness (QED) is 0.404. The maximum absolute atomic E-state index is 13.0. The van der Waals surface area contributed by atoms with E-state index in [1.165, 1.54) is 16.4 Å². The molecule has 10 heteroatoms. The predicted molar refractivity (Wildman–Crippen MR) is 107 cm³/mol. The van der Waals surface area contributed by atoms with Crippen molar-refractivity contribution in [1.82, 2.24) is 4.31 Å². The van der Waals surface area contributed by atoms with Crippen LogP contribution in [0.2, 0.25) is 0 Å². The van der Waals surface area contributed by atoms with Crippen molar-refractivity contribution >= 4 is 27.1 Å². The second kappa shape index (κ2) is 8.53. The number of non-ortho nitro benzene ring substituents is 1. The van der Waals surface area contributed by atoms with Gasteiger partial charge in [-0.1, -0.05) is 13.8 Å². The van der Waals surface area contributed by atoms with Crippen LogP contribution >= 0.6 is 0 Å². The first-order valence-electron chi connectivity index (χ1n) is 8.78. The molecule has 0 atom stereocenters. The van der Waals surface area contributed by atoms with Crippen LogP contribution in [0.15, 0.2) is 38.7 Å². The van der Waals surface area contributed by atoms with Gasteiger partial charge in [0.15, 0.2) is 0 Å². The molecule has 0 aliphatic rings. The molecule has 2 aromatic rings. The van der Waals surface area contributed by atoms with E-state index in [0.717, 1.165) is 17.4 Å². The fourth-order valence-corrected chi connectivity index (χ4v) is 4.45. The minimum absolute atomic E-state index is 0.162. The van der Waals surface area contributed by atoms with Crippen molar-refractivity contribution in [3.8, 4) is 0 Å². The smallest absolute Gasteiger partial charge is 0.270 e. The van der Waals surface area contributed by atoms with E-state index in [4.69, 9.17) is 4.42 Å². The zero-order chi connectivity index (χ0) is 21.1. The molecule has 9 nitrogen and oxygen atoms in total. The van der Waals surface area contributed by atoms with E-state index in [2.05, 4.69) is 10.5 Å². The number of nitro groups is 1. The average Bonchev–Trinajstić information content (AvgIpc) is 2.98. The lowest BCUT2D eigenvalue weighted by molar-refractivity contribution is -0.385. The second-order valence-corrected chi connectivity index (χ2v) is 8.07. The molecular formula is C18H24N4O5S. The minimum atomic E-state index is -3.93. The molecule has 0 unspecified atom stereocenters. The standard InChI is InChI=1S/C18H24N4O5S/c1-6-21(7-2)28(25,26)18-11-15(22(23)24)8-9-17(18)20-19-13(4)16-10-12(3)27-14(16)5/h8-11,20H,6-7H2,1-5H3/b19-13-. The Labute approximate surface area is 164 Å². The van der Waals surface area contributed by atoms with Crippen molar-refractivity contribution in [3.63, 3.8) is 0 Å². The van der Waals surface area contributed by atoms with Crippen LogP contribution in [0.5, 0.6) is 0 Å².